The molecule has 0 aliphatic carbocycles. The van der Waals surface area contributed by atoms with Crippen LogP contribution in [-0.2, 0) is 6.54 Å². The van der Waals surface area contributed by atoms with E-state index in [1.807, 2.05) is 13.8 Å². The first-order chi connectivity index (χ1) is 7.91. The lowest BCUT2D eigenvalue weighted by Crippen LogP contribution is -2.44. The van der Waals surface area contributed by atoms with Gasteiger partial charge in [0.25, 0.3) is 0 Å². The van der Waals surface area contributed by atoms with Gasteiger partial charge in [0.05, 0.1) is 11.6 Å². The molecule has 0 aromatic heterocycles. The van der Waals surface area contributed by atoms with Gasteiger partial charge in [-0.1, -0.05) is 30.1 Å². The van der Waals surface area contributed by atoms with Gasteiger partial charge in [0, 0.05) is 22.7 Å². The topological polar surface area (TPSA) is 52.5 Å². The molecule has 0 radical (unpaired) electrons. The highest BCUT2D eigenvalue weighted by atomic mass is 35.5. The molecule has 0 heterocycles. The molecule has 1 unspecified atom stereocenters. The average Bonchev–Trinajstić information content (AvgIpc) is 2.31. The second-order valence-electron chi connectivity index (χ2n) is 4.32. The summed E-state index contributed by atoms with van der Waals surface area (Å²) in [4.78, 5) is 0. The highest BCUT2D eigenvalue weighted by Crippen LogP contribution is 2.31. The number of hydrogen-bond acceptors (Lipinski definition) is 3. The van der Waals surface area contributed by atoms with Crippen LogP contribution in [-0.4, -0.2) is 22.4 Å². The third-order valence-electron chi connectivity index (χ3n) is 2.94. The molecule has 1 aromatic carbocycles. The van der Waals surface area contributed by atoms with Gasteiger partial charge in [-0.05, 0) is 25.5 Å². The smallest absolute Gasteiger partial charge is 0.138 e. The van der Waals surface area contributed by atoms with Gasteiger partial charge in [-0.3, -0.25) is 0 Å². The monoisotopic (exact) mass is 277 g/mol. The van der Waals surface area contributed by atoms with E-state index >= 15 is 0 Å². The molecule has 0 bridgehead atoms. The van der Waals surface area contributed by atoms with Crippen LogP contribution >= 0.6 is 23.2 Å². The Hall–Kier alpha value is -0.480. The summed E-state index contributed by atoms with van der Waals surface area (Å²) in [5, 5.41) is 22.9. The number of aliphatic hydroxyl groups is 1. The van der Waals surface area contributed by atoms with Crippen molar-refractivity contribution in [2.24, 2.45) is 0 Å². The van der Waals surface area contributed by atoms with Gasteiger partial charge in [0.1, 0.15) is 5.75 Å². The fourth-order valence-electron chi connectivity index (χ4n) is 1.36. The van der Waals surface area contributed by atoms with Gasteiger partial charge in [-0.25, -0.2) is 0 Å². The van der Waals surface area contributed by atoms with Crippen LogP contribution in [0, 0.1) is 0 Å². The van der Waals surface area contributed by atoms with E-state index in [9.17, 15) is 10.2 Å². The van der Waals surface area contributed by atoms with Crippen LogP contribution in [0.3, 0.4) is 0 Å². The predicted octanol–water partition coefficient (Wildman–Crippen LogP) is 2.95. The largest absolute Gasteiger partial charge is 0.506 e. The first kappa shape index (κ1) is 14.6. The number of phenolic OH excluding ortho intramolecular Hbond substituents is 1. The molecule has 1 atom stereocenters. The minimum absolute atomic E-state index is 0.0263. The summed E-state index contributed by atoms with van der Waals surface area (Å²) < 4.78 is 0. The van der Waals surface area contributed by atoms with Gasteiger partial charge in [0.15, 0.2) is 0 Å². The second-order valence-corrected chi connectivity index (χ2v) is 5.16. The Morgan fingerprint density at radius 3 is 2.53 bits per heavy atom. The molecule has 3 nitrogen and oxygen atoms in total. The van der Waals surface area contributed by atoms with Crippen LogP contribution in [0.4, 0.5) is 0 Å². The number of hydrogen-bond donors (Lipinski definition) is 3. The Labute approximate surface area is 111 Å². The zero-order valence-electron chi connectivity index (χ0n) is 9.93. The van der Waals surface area contributed by atoms with E-state index in [2.05, 4.69) is 5.32 Å². The van der Waals surface area contributed by atoms with Gasteiger partial charge >= 0.3 is 0 Å². The molecule has 0 aliphatic rings. The fraction of sp³-hybridized carbons (Fsp3) is 0.500. The van der Waals surface area contributed by atoms with Crippen molar-refractivity contribution in [2.75, 3.05) is 6.61 Å². The molecular formula is C12H17Cl2NO2. The zero-order chi connectivity index (χ0) is 13.1. The Bertz CT molecular complexity index is 392. The summed E-state index contributed by atoms with van der Waals surface area (Å²) >= 11 is 11.7. The van der Waals surface area contributed by atoms with Crippen LogP contribution in [0.25, 0.3) is 0 Å². The summed E-state index contributed by atoms with van der Waals surface area (Å²) in [6.07, 6.45) is 0.776. The van der Waals surface area contributed by atoms with E-state index < -0.39 is 0 Å². The Balaban J connectivity index is 2.82. The molecule has 0 fully saturated rings. The van der Waals surface area contributed by atoms with E-state index in [0.29, 0.717) is 17.1 Å². The number of nitrogens with one attached hydrogen (secondary N) is 1. The van der Waals surface area contributed by atoms with Crippen molar-refractivity contribution in [3.63, 3.8) is 0 Å². The predicted molar refractivity (Wildman–Crippen MR) is 70.7 cm³/mol. The van der Waals surface area contributed by atoms with E-state index in [1.165, 1.54) is 6.07 Å². The van der Waals surface area contributed by atoms with Crippen molar-refractivity contribution in [1.82, 2.24) is 5.32 Å². The van der Waals surface area contributed by atoms with Crippen molar-refractivity contribution in [3.8, 4) is 5.75 Å². The van der Waals surface area contributed by atoms with Crippen LogP contribution in [0.2, 0.25) is 10.0 Å². The summed E-state index contributed by atoms with van der Waals surface area (Å²) in [7, 11) is 0. The molecule has 0 saturated carbocycles. The van der Waals surface area contributed by atoms with Gasteiger partial charge < -0.3 is 15.5 Å². The van der Waals surface area contributed by atoms with Crippen LogP contribution in [0.5, 0.6) is 5.75 Å². The highest BCUT2D eigenvalue weighted by molar-refractivity contribution is 6.35. The van der Waals surface area contributed by atoms with Crippen LogP contribution < -0.4 is 5.32 Å². The van der Waals surface area contributed by atoms with Crippen molar-refractivity contribution in [2.45, 2.75) is 32.4 Å². The van der Waals surface area contributed by atoms with E-state index in [1.54, 1.807) is 6.07 Å². The molecule has 0 amide bonds. The van der Waals surface area contributed by atoms with Gasteiger partial charge in [-0.2, -0.15) is 0 Å². The Morgan fingerprint density at radius 2 is 2.00 bits per heavy atom. The molecule has 17 heavy (non-hydrogen) atoms. The van der Waals surface area contributed by atoms with Crippen LogP contribution in [0.1, 0.15) is 25.8 Å². The number of aromatic hydroxyl groups is 1. The number of phenols is 1. The third-order valence-corrected chi connectivity index (χ3v) is 3.45. The molecule has 3 N–H and O–H groups in total. The van der Waals surface area contributed by atoms with E-state index in [0.717, 1.165) is 6.42 Å². The number of rotatable bonds is 5. The Kier molecular flexibility index (Phi) is 5.07. The number of benzene rings is 1. The average molecular weight is 278 g/mol. The molecule has 1 rings (SSSR count). The standard InChI is InChI=1S/C12H17Cl2NO2/c1-3-12(2,7-16)15-6-8-4-9(13)5-10(14)11(8)17/h4-5,15-17H,3,6-7H2,1-2H3. The SMILES string of the molecule is CCC(C)(CO)NCc1cc(Cl)cc(Cl)c1O. The van der Waals surface area contributed by atoms with Crippen molar-refractivity contribution < 1.29 is 10.2 Å². The molecule has 0 saturated heterocycles. The maximum absolute atomic E-state index is 9.77. The molecule has 0 aliphatic heterocycles. The van der Waals surface area contributed by atoms with E-state index in [4.69, 9.17) is 23.2 Å². The summed E-state index contributed by atoms with van der Waals surface area (Å²) in [5.74, 6) is 0.0277. The minimum atomic E-state index is -0.374. The van der Waals surface area contributed by atoms with Crippen molar-refractivity contribution >= 4 is 23.2 Å². The lowest BCUT2D eigenvalue weighted by Gasteiger charge is -2.27. The summed E-state index contributed by atoms with van der Waals surface area (Å²) in [6.45, 7) is 4.32. The minimum Gasteiger partial charge on any atom is -0.506 e. The lowest BCUT2D eigenvalue weighted by molar-refractivity contribution is 0.168. The Morgan fingerprint density at radius 1 is 1.35 bits per heavy atom. The van der Waals surface area contributed by atoms with Crippen molar-refractivity contribution in [3.05, 3.63) is 27.7 Å². The first-order valence-electron chi connectivity index (χ1n) is 5.44. The summed E-state index contributed by atoms with van der Waals surface area (Å²) in [5.41, 5.74) is 0.247. The van der Waals surface area contributed by atoms with Gasteiger partial charge in [-0.15, -0.1) is 0 Å². The first-order valence-corrected chi connectivity index (χ1v) is 6.20. The number of halogens is 2. The maximum atomic E-state index is 9.77. The van der Waals surface area contributed by atoms with Crippen LogP contribution in [0.15, 0.2) is 12.1 Å². The zero-order valence-corrected chi connectivity index (χ0v) is 11.4. The highest BCUT2D eigenvalue weighted by Gasteiger charge is 2.20. The maximum Gasteiger partial charge on any atom is 0.138 e. The molecule has 96 valence electrons. The van der Waals surface area contributed by atoms with Gasteiger partial charge in [0.2, 0.25) is 0 Å². The lowest BCUT2D eigenvalue weighted by atomic mass is 10.00. The normalized spacial score (nSPS) is 14.6. The quantitative estimate of drug-likeness (QED) is 0.776. The molecule has 0 spiro atoms. The van der Waals surface area contributed by atoms with Crippen molar-refractivity contribution in [1.29, 1.82) is 0 Å². The molecule has 1 aromatic rings. The molecular weight excluding hydrogens is 261 g/mol. The summed E-state index contributed by atoms with van der Waals surface area (Å²) in [6, 6.07) is 3.15. The second kappa shape index (κ2) is 5.91. The molecule has 5 heteroatoms. The fourth-order valence-corrected chi connectivity index (χ4v) is 1.89. The number of aliphatic hydroxyl groups excluding tert-OH is 1. The van der Waals surface area contributed by atoms with E-state index in [-0.39, 0.29) is 22.9 Å². The third kappa shape index (κ3) is 3.75.